The zero-order chi connectivity index (χ0) is 109. The van der Waals surface area contributed by atoms with Crippen LogP contribution in [0.15, 0.2) is 0 Å². The molecule has 0 rings (SSSR count). The maximum Gasteiger partial charge on any atom is 4.00 e. The number of hydrogen-bond acceptors (Lipinski definition) is 32. The fourth-order valence-electron chi connectivity index (χ4n) is 6.93. The molecule has 0 N–H and O–H groups in total. The van der Waals surface area contributed by atoms with Crippen molar-refractivity contribution in [1.82, 2.24) is 0 Å². The largest absolute Gasteiger partial charge is 4.00 e. The van der Waals surface area contributed by atoms with E-state index in [2.05, 4.69) is 0 Å². The number of carboxylic acid groups (broad SMARTS) is 16. The molecule has 0 amide bonds. The van der Waals surface area contributed by atoms with Crippen LogP contribution < -0.4 is 81.7 Å². The van der Waals surface area contributed by atoms with E-state index >= 15 is 0 Å². The fourth-order valence-corrected chi connectivity index (χ4v) is 6.93. The van der Waals surface area contributed by atoms with E-state index in [-0.39, 0.29) is 293 Å². The van der Waals surface area contributed by atoms with Crippen LogP contribution in [0.3, 0.4) is 0 Å². The summed E-state index contributed by atoms with van der Waals surface area (Å²) >= 11 is 0. The molecular formula is C96H176Hf4O32. The van der Waals surface area contributed by atoms with Crippen LogP contribution in [0.2, 0.25) is 0 Å². The van der Waals surface area contributed by atoms with Gasteiger partial charge in [-0.25, -0.2) is 0 Å². The Bertz CT molecular complexity index is 2280. The average molecular weight is 2560 g/mol. The maximum atomic E-state index is 9.90. The predicted octanol–water partition coefficient (Wildman–Crippen LogP) is 2.75. The minimum atomic E-state index is -0.975. The molecule has 0 atom stereocenters. The van der Waals surface area contributed by atoms with E-state index in [4.69, 9.17) is 0 Å². The second kappa shape index (κ2) is 81.9. The second-order valence-electron chi connectivity index (χ2n) is 49.8. The molecule has 768 valence electrons. The van der Waals surface area contributed by atoms with Gasteiger partial charge in [0.2, 0.25) is 0 Å². The molecule has 132 heavy (non-hydrogen) atoms. The van der Waals surface area contributed by atoms with E-state index in [1.807, 2.05) is 332 Å². The summed E-state index contributed by atoms with van der Waals surface area (Å²) < 4.78 is 0. The van der Waals surface area contributed by atoms with E-state index in [1.54, 1.807) is 0 Å². The smallest absolute Gasteiger partial charge is 0.550 e. The molecule has 0 fully saturated rings. The molecule has 0 aliphatic carbocycles. The van der Waals surface area contributed by atoms with Gasteiger partial charge in [-0.05, 0) is 189 Å². The quantitative estimate of drug-likeness (QED) is 0.200. The van der Waals surface area contributed by atoms with Crippen LogP contribution in [0.1, 0.15) is 435 Å². The number of aliphatic carboxylic acids is 16. The molecule has 0 saturated carbocycles. The van der Waals surface area contributed by atoms with Crippen molar-refractivity contribution in [3.63, 3.8) is 0 Å². The Labute approximate surface area is 871 Å². The molecule has 0 unspecified atom stereocenters. The van der Waals surface area contributed by atoms with Crippen molar-refractivity contribution in [2.75, 3.05) is 0 Å². The van der Waals surface area contributed by atoms with Gasteiger partial charge >= 0.3 is 103 Å². The predicted molar refractivity (Wildman–Crippen MR) is 465 cm³/mol. The van der Waals surface area contributed by atoms with Gasteiger partial charge in [0.05, 0.1) is 0 Å². The van der Waals surface area contributed by atoms with Crippen LogP contribution >= 0.6 is 0 Å². The minimum Gasteiger partial charge on any atom is -0.550 e. The Balaban J connectivity index is -0.0000000562. The molecule has 0 radical (unpaired) electrons. The third-order valence-corrected chi connectivity index (χ3v) is 10.8. The molecule has 0 bridgehead atoms. The summed E-state index contributed by atoms with van der Waals surface area (Å²) in [5.41, 5.74) is -2.24. The third kappa shape index (κ3) is 342. The van der Waals surface area contributed by atoms with E-state index in [9.17, 15) is 158 Å². The van der Waals surface area contributed by atoms with Gasteiger partial charge in [-0.1, -0.05) is 332 Å². The number of carboxylic acids is 16. The van der Waals surface area contributed by atoms with E-state index in [1.165, 1.54) is 0 Å². The fraction of sp³-hybridized carbons (Fsp3) is 0.833. The summed E-state index contributed by atoms with van der Waals surface area (Å²) in [5, 5.41) is 158. The first-order chi connectivity index (χ1) is 54.7. The zero-order valence-corrected chi connectivity index (χ0v) is 105. The SMILES string of the molecule is CC(C)(C)CC(=O)[O-].CC(C)(C)CC(=O)[O-].CC(C)(C)CC(=O)[O-].CC(C)(C)CC(=O)[O-].CC(C)(C)CC(=O)[O-].CC(C)(C)CC(=O)[O-].CC(C)(C)CC(=O)[O-].CC(C)(C)CC(=O)[O-].CC(C)(C)CC(=O)[O-].CC(C)(C)CC(=O)[O-].CC(C)(C)CC(=O)[O-].CC(C)(C)CC(=O)[O-].CC(C)(C)CC(=O)[O-].CC(C)(C)CC(=O)[O-].CC(C)(C)CC(=O)[O-].CC(C)(C)CC(=O)[O-].[Hf+4].[Hf+4].[Hf+4].[Hf+4]. The third-order valence-electron chi connectivity index (χ3n) is 10.8. The molecule has 0 aromatic rings. The summed E-state index contributed by atoms with van der Waals surface area (Å²) in [6.07, 6.45) is 2.11. The van der Waals surface area contributed by atoms with E-state index in [0.29, 0.717) is 0 Å². The standard InChI is InChI=1S/16C6H12O2.4Hf/c16*1-6(2,3)4-5(7)8;;;;/h16*4H2,1-3H3,(H,7,8);;;;/q;;;;;;;;;;;;;;;;4*+4/p-16. The van der Waals surface area contributed by atoms with Gasteiger partial charge in [0, 0.05) is 95.5 Å². The van der Waals surface area contributed by atoms with Crippen LogP contribution in [0.25, 0.3) is 0 Å². The van der Waals surface area contributed by atoms with Gasteiger partial charge in [-0.3, -0.25) is 0 Å². The van der Waals surface area contributed by atoms with Gasteiger partial charge in [0.25, 0.3) is 0 Å². The summed E-state index contributed by atoms with van der Waals surface area (Å²) in [6.45, 7) is 89.5. The molecule has 0 aliphatic rings. The van der Waals surface area contributed by atoms with Gasteiger partial charge in [-0.2, -0.15) is 0 Å². The summed E-state index contributed by atoms with van der Waals surface area (Å²) in [5.74, 6) is -15.6. The number of carbonyl (C=O) groups excluding carboxylic acids is 16. The first kappa shape index (κ1) is 176. The average Bonchev–Trinajstić information content (AvgIpc) is 1.13. The van der Waals surface area contributed by atoms with Crippen LogP contribution in [0.4, 0.5) is 0 Å². The van der Waals surface area contributed by atoms with Crippen molar-refractivity contribution >= 4 is 95.5 Å². The molecule has 0 saturated heterocycles. The van der Waals surface area contributed by atoms with Crippen LogP contribution in [-0.2, 0) is 180 Å². The van der Waals surface area contributed by atoms with Crippen molar-refractivity contribution in [3.05, 3.63) is 0 Å². The van der Waals surface area contributed by atoms with Crippen molar-refractivity contribution < 1.29 is 262 Å². The molecule has 0 aromatic heterocycles. The normalized spacial score (nSPS) is 11.0. The summed E-state index contributed by atoms with van der Waals surface area (Å²) in [4.78, 5) is 158. The molecule has 0 aliphatic heterocycles. The van der Waals surface area contributed by atoms with Gasteiger partial charge < -0.3 is 158 Å². The van der Waals surface area contributed by atoms with Gasteiger partial charge in [0.1, 0.15) is 0 Å². The molecular weight excluding hydrogens is 2380 g/mol. The minimum absolute atomic E-state index is 0. The van der Waals surface area contributed by atoms with Crippen molar-refractivity contribution in [1.29, 1.82) is 0 Å². The molecule has 36 heteroatoms. The van der Waals surface area contributed by atoms with Crippen molar-refractivity contribution in [3.8, 4) is 0 Å². The zero-order valence-electron chi connectivity index (χ0n) is 90.4. The van der Waals surface area contributed by atoms with Crippen molar-refractivity contribution in [2.24, 2.45) is 86.6 Å². The summed E-state index contributed by atoms with van der Waals surface area (Å²) in [7, 11) is 0. The maximum absolute atomic E-state index is 9.90. The first-order valence-corrected chi connectivity index (χ1v) is 41.8. The van der Waals surface area contributed by atoms with Crippen LogP contribution in [0, 0.1) is 86.6 Å². The molecule has 32 nitrogen and oxygen atoms in total. The van der Waals surface area contributed by atoms with E-state index < -0.39 is 95.5 Å². The Morgan fingerprint density at radius 1 is 0.0985 bits per heavy atom. The Kier molecular flexibility index (Phi) is 109. The first-order valence-electron chi connectivity index (χ1n) is 41.8. The monoisotopic (exact) mass is 2560 g/mol. The molecule has 0 aromatic carbocycles. The van der Waals surface area contributed by atoms with Crippen molar-refractivity contribution in [2.45, 2.75) is 435 Å². The molecule has 0 spiro atoms. The van der Waals surface area contributed by atoms with Crippen LogP contribution in [-0.4, -0.2) is 95.5 Å². The Hall–Kier alpha value is -5.00. The van der Waals surface area contributed by atoms with E-state index in [0.717, 1.165) is 0 Å². The topological polar surface area (TPSA) is 642 Å². The number of carbonyl (C=O) groups is 16. The number of rotatable bonds is 16. The van der Waals surface area contributed by atoms with Gasteiger partial charge in [-0.15, -0.1) is 0 Å². The Morgan fingerprint density at radius 3 is 0.121 bits per heavy atom. The number of hydrogen-bond donors (Lipinski definition) is 0. The Morgan fingerprint density at radius 2 is 0.121 bits per heavy atom. The van der Waals surface area contributed by atoms with Crippen LogP contribution in [0.5, 0.6) is 0 Å². The second-order valence-corrected chi connectivity index (χ2v) is 49.8. The van der Waals surface area contributed by atoms with Gasteiger partial charge in [0.15, 0.2) is 0 Å². The molecule has 0 heterocycles. The summed E-state index contributed by atoms with van der Waals surface area (Å²) in [6, 6.07) is 0.